The van der Waals surface area contributed by atoms with Crippen LogP contribution in [0.3, 0.4) is 0 Å². The Morgan fingerprint density at radius 2 is 1.86 bits per heavy atom. The number of anilines is 1. The highest BCUT2D eigenvalue weighted by molar-refractivity contribution is 5.94. The number of carbonyl (C=O) groups excluding carboxylic acids is 1. The third kappa shape index (κ3) is 3.61. The number of nitrogens with zero attached hydrogens (tertiary/aromatic N) is 3. The minimum atomic E-state index is -0.0845. The Kier molecular flexibility index (Phi) is 4.63. The summed E-state index contributed by atoms with van der Waals surface area (Å²) in [5.41, 5.74) is 1.49. The number of piperidine rings is 1. The standard InChI is InChI=1S/C17H20N4O/c22-16(14-7-3-1-4-8-14)19-13-15-9-10-18-17(20-15)21-11-5-2-6-12-21/h1,3-4,7-10H,2,5-6,11-13H2,(H,19,22). The van der Waals surface area contributed by atoms with Crippen molar-refractivity contribution in [3.63, 3.8) is 0 Å². The summed E-state index contributed by atoms with van der Waals surface area (Å²) < 4.78 is 0. The maximum Gasteiger partial charge on any atom is 0.251 e. The van der Waals surface area contributed by atoms with Crippen LogP contribution in [0.4, 0.5) is 5.95 Å². The van der Waals surface area contributed by atoms with Gasteiger partial charge in [-0.05, 0) is 37.5 Å². The first-order valence-corrected chi connectivity index (χ1v) is 7.73. The summed E-state index contributed by atoms with van der Waals surface area (Å²) in [6.07, 6.45) is 5.43. The van der Waals surface area contributed by atoms with E-state index in [9.17, 15) is 4.79 Å². The zero-order valence-corrected chi connectivity index (χ0v) is 12.5. The van der Waals surface area contributed by atoms with Crippen LogP contribution < -0.4 is 10.2 Å². The van der Waals surface area contributed by atoms with Crippen LogP contribution in [0.1, 0.15) is 35.3 Å². The number of rotatable bonds is 4. The molecule has 0 aliphatic carbocycles. The molecule has 0 spiro atoms. The number of aromatic nitrogens is 2. The molecular formula is C17H20N4O. The van der Waals surface area contributed by atoms with Gasteiger partial charge in [-0.15, -0.1) is 0 Å². The normalized spacial score (nSPS) is 14.6. The third-order valence-corrected chi connectivity index (χ3v) is 3.81. The molecular weight excluding hydrogens is 276 g/mol. The van der Waals surface area contributed by atoms with E-state index in [1.807, 2.05) is 24.3 Å². The van der Waals surface area contributed by atoms with Gasteiger partial charge >= 0.3 is 0 Å². The van der Waals surface area contributed by atoms with Gasteiger partial charge in [0.25, 0.3) is 5.91 Å². The van der Waals surface area contributed by atoms with Crippen LogP contribution in [0.15, 0.2) is 42.6 Å². The molecule has 5 nitrogen and oxygen atoms in total. The van der Waals surface area contributed by atoms with Crippen LogP contribution >= 0.6 is 0 Å². The van der Waals surface area contributed by atoms with Crippen molar-refractivity contribution in [3.8, 4) is 0 Å². The molecule has 1 amide bonds. The largest absolute Gasteiger partial charge is 0.346 e. The SMILES string of the molecule is O=C(NCc1ccnc(N2CCCCC2)n1)c1ccccc1. The molecule has 1 aliphatic heterocycles. The lowest BCUT2D eigenvalue weighted by atomic mass is 10.1. The van der Waals surface area contributed by atoms with E-state index in [2.05, 4.69) is 20.2 Å². The van der Waals surface area contributed by atoms with E-state index in [1.165, 1.54) is 19.3 Å². The lowest BCUT2D eigenvalue weighted by Gasteiger charge is -2.26. The van der Waals surface area contributed by atoms with Gasteiger partial charge in [0.2, 0.25) is 5.95 Å². The van der Waals surface area contributed by atoms with E-state index >= 15 is 0 Å². The number of carbonyl (C=O) groups is 1. The van der Waals surface area contributed by atoms with E-state index in [4.69, 9.17) is 0 Å². The van der Waals surface area contributed by atoms with Gasteiger partial charge in [-0.2, -0.15) is 0 Å². The second kappa shape index (κ2) is 7.02. The van der Waals surface area contributed by atoms with E-state index < -0.39 is 0 Å². The molecule has 1 aliphatic rings. The Balaban J connectivity index is 1.62. The average Bonchev–Trinajstić information content (AvgIpc) is 2.61. The Labute approximate surface area is 130 Å². The van der Waals surface area contributed by atoms with Crippen molar-refractivity contribution < 1.29 is 4.79 Å². The fraction of sp³-hybridized carbons (Fsp3) is 0.353. The molecule has 0 atom stereocenters. The van der Waals surface area contributed by atoms with Crippen LogP contribution in [0.25, 0.3) is 0 Å². The van der Waals surface area contributed by atoms with Crippen LogP contribution in [0.5, 0.6) is 0 Å². The minimum Gasteiger partial charge on any atom is -0.346 e. The first kappa shape index (κ1) is 14.5. The van der Waals surface area contributed by atoms with Crippen LogP contribution in [-0.4, -0.2) is 29.0 Å². The monoisotopic (exact) mass is 296 g/mol. The molecule has 0 radical (unpaired) electrons. The predicted molar refractivity (Wildman–Crippen MR) is 85.7 cm³/mol. The van der Waals surface area contributed by atoms with Gasteiger partial charge in [-0.25, -0.2) is 9.97 Å². The topological polar surface area (TPSA) is 58.1 Å². The average molecular weight is 296 g/mol. The second-order valence-electron chi connectivity index (χ2n) is 5.44. The maximum atomic E-state index is 12.0. The van der Waals surface area contributed by atoms with Crippen molar-refractivity contribution >= 4 is 11.9 Å². The van der Waals surface area contributed by atoms with Gasteiger partial charge in [0, 0.05) is 24.8 Å². The summed E-state index contributed by atoms with van der Waals surface area (Å²) in [5.74, 6) is 0.685. The van der Waals surface area contributed by atoms with Gasteiger partial charge in [-0.1, -0.05) is 18.2 Å². The Morgan fingerprint density at radius 3 is 2.64 bits per heavy atom. The van der Waals surface area contributed by atoms with Crippen LogP contribution in [0, 0.1) is 0 Å². The Bertz CT molecular complexity index is 624. The van der Waals surface area contributed by atoms with Crippen molar-refractivity contribution in [2.75, 3.05) is 18.0 Å². The summed E-state index contributed by atoms with van der Waals surface area (Å²) in [7, 11) is 0. The molecule has 1 N–H and O–H groups in total. The van der Waals surface area contributed by atoms with Gasteiger partial charge < -0.3 is 10.2 Å². The first-order chi connectivity index (χ1) is 10.8. The summed E-state index contributed by atoms with van der Waals surface area (Å²) in [6.45, 7) is 2.44. The molecule has 1 aromatic heterocycles. The van der Waals surface area contributed by atoms with Gasteiger partial charge in [0.1, 0.15) is 0 Å². The molecule has 1 fully saturated rings. The molecule has 2 heterocycles. The minimum absolute atomic E-state index is 0.0845. The van der Waals surface area contributed by atoms with E-state index in [0.717, 1.165) is 24.7 Å². The highest BCUT2D eigenvalue weighted by atomic mass is 16.1. The summed E-state index contributed by atoms with van der Waals surface area (Å²) >= 11 is 0. The van der Waals surface area contributed by atoms with Gasteiger partial charge in [-0.3, -0.25) is 4.79 Å². The lowest BCUT2D eigenvalue weighted by molar-refractivity contribution is 0.0950. The molecule has 3 rings (SSSR count). The molecule has 0 bridgehead atoms. The highest BCUT2D eigenvalue weighted by Crippen LogP contribution is 2.15. The molecule has 114 valence electrons. The number of hydrogen-bond acceptors (Lipinski definition) is 4. The number of benzene rings is 1. The zero-order chi connectivity index (χ0) is 15.2. The van der Waals surface area contributed by atoms with E-state index in [1.54, 1.807) is 18.3 Å². The zero-order valence-electron chi connectivity index (χ0n) is 12.5. The molecule has 0 saturated carbocycles. The summed E-state index contributed by atoms with van der Waals surface area (Å²) in [5, 5.41) is 2.90. The van der Waals surface area contributed by atoms with Crippen molar-refractivity contribution in [1.82, 2.24) is 15.3 Å². The number of hydrogen-bond donors (Lipinski definition) is 1. The summed E-state index contributed by atoms with van der Waals surface area (Å²) in [6, 6.07) is 11.1. The van der Waals surface area contributed by atoms with Gasteiger partial charge in [0.15, 0.2) is 0 Å². The van der Waals surface area contributed by atoms with Crippen LogP contribution in [-0.2, 0) is 6.54 Å². The first-order valence-electron chi connectivity index (χ1n) is 7.73. The van der Waals surface area contributed by atoms with E-state index in [0.29, 0.717) is 12.1 Å². The van der Waals surface area contributed by atoms with Crippen molar-refractivity contribution in [1.29, 1.82) is 0 Å². The number of nitrogens with one attached hydrogen (secondary N) is 1. The molecule has 2 aromatic rings. The Hall–Kier alpha value is -2.43. The second-order valence-corrected chi connectivity index (χ2v) is 5.44. The lowest BCUT2D eigenvalue weighted by Crippen LogP contribution is -2.31. The predicted octanol–water partition coefficient (Wildman–Crippen LogP) is 2.40. The van der Waals surface area contributed by atoms with Crippen molar-refractivity contribution in [2.45, 2.75) is 25.8 Å². The maximum absolute atomic E-state index is 12.0. The Morgan fingerprint density at radius 1 is 1.09 bits per heavy atom. The molecule has 0 unspecified atom stereocenters. The molecule has 5 heteroatoms. The molecule has 22 heavy (non-hydrogen) atoms. The fourth-order valence-corrected chi connectivity index (χ4v) is 2.59. The fourth-order valence-electron chi connectivity index (χ4n) is 2.59. The third-order valence-electron chi connectivity index (χ3n) is 3.81. The van der Waals surface area contributed by atoms with Gasteiger partial charge in [0.05, 0.1) is 12.2 Å². The highest BCUT2D eigenvalue weighted by Gasteiger charge is 2.13. The van der Waals surface area contributed by atoms with Crippen molar-refractivity contribution in [2.24, 2.45) is 0 Å². The molecule has 1 saturated heterocycles. The van der Waals surface area contributed by atoms with E-state index in [-0.39, 0.29) is 5.91 Å². The quantitative estimate of drug-likeness (QED) is 0.941. The van der Waals surface area contributed by atoms with Crippen molar-refractivity contribution in [3.05, 3.63) is 53.9 Å². The van der Waals surface area contributed by atoms with Crippen LogP contribution in [0.2, 0.25) is 0 Å². The number of amides is 1. The molecule has 1 aromatic carbocycles. The summed E-state index contributed by atoms with van der Waals surface area (Å²) in [4.78, 5) is 23.2. The smallest absolute Gasteiger partial charge is 0.251 e.